The minimum absolute atomic E-state index is 0.346. The fourth-order valence-corrected chi connectivity index (χ4v) is 3.12. The molecular weight excluding hydrogens is 314 g/mol. The predicted octanol–water partition coefficient (Wildman–Crippen LogP) is 4.19. The number of ether oxygens (including phenoxy) is 1. The van der Waals surface area contributed by atoms with Crippen LogP contribution >= 0.6 is 27.5 Å². The molecule has 0 aliphatic carbocycles. The molecule has 0 saturated carbocycles. The molecule has 2 nitrogen and oxygen atoms in total. The molecule has 1 unspecified atom stereocenters. The van der Waals surface area contributed by atoms with Gasteiger partial charge in [0.2, 0.25) is 0 Å². The molecule has 0 bridgehead atoms. The average molecular weight is 333 g/mol. The SMILES string of the molecule is CCC1CN(c2ccc(CCl)c(Br)c2)CCCO1. The van der Waals surface area contributed by atoms with E-state index in [9.17, 15) is 0 Å². The molecule has 0 N–H and O–H groups in total. The molecule has 4 heteroatoms. The summed E-state index contributed by atoms with van der Waals surface area (Å²) in [5, 5.41) is 0. The second-order valence-electron chi connectivity index (χ2n) is 4.61. The Morgan fingerprint density at radius 3 is 3.00 bits per heavy atom. The van der Waals surface area contributed by atoms with Crippen LogP contribution in [-0.4, -0.2) is 25.8 Å². The van der Waals surface area contributed by atoms with Crippen LogP contribution in [0.4, 0.5) is 5.69 Å². The summed E-state index contributed by atoms with van der Waals surface area (Å²) in [6.07, 6.45) is 2.50. The first-order valence-corrected chi connectivity index (χ1v) is 7.78. The first kappa shape index (κ1) is 14.2. The van der Waals surface area contributed by atoms with Crippen molar-refractivity contribution in [2.45, 2.75) is 31.7 Å². The Labute approximate surface area is 122 Å². The summed E-state index contributed by atoms with van der Waals surface area (Å²) < 4.78 is 6.90. The van der Waals surface area contributed by atoms with Crippen LogP contribution in [-0.2, 0) is 10.6 Å². The topological polar surface area (TPSA) is 12.5 Å². The summed E-state index contributed by atoms with van der Waals surface area (Å²) in [7, 11) is 0. The molecule has 0 amide bonds. The molecule has 1 aliphatic rings. The lowest BCUT2D eigenvalue weighted by molar-refractivity contribution is 0.0664. The van der Waals surface area contributed by atoms with Crippen molar-refractivity contribution in [3.05, 3.63) is 28.2 Å². The van der Waals surface area contributed by atoms with Gasteiger partial charge in [-0.3, -0.25) is 0 Å². The molecular formula is C14H19BrClNO. The van der Waals surface area contributed by atoms with E-state index in [0.29, 0.717) is 12.0 Å². The monoisotopic (exact) mass is 331 g/mol. The van der Waals surface area contributed by atoms with Crippen LogP contribution in [0.25, 0.3) is 0 Å². The molecule has 1 aliphatic heterocycles. The van der Waals surface area contributed by atoms with E-state index >= 15 is 0 Å². The molecule has 18 heavy (non-hydrogen) atoms. The Morgan fingerprint density at radius 2 is 2.33 bits per heavy atom. The van der Waals surface area contributed by atoms with Crippen molar-refractivity contribution >= 4 is 33.2 Å². The zero-order chi connectivity index (χ0) is 13.0. The van der Waals surface area contributed by atoms with E-state index < -0.39 is 0 Å². The Kier molecular flexibility index (Phi) is 5.34. The first-order valence-electron chi connectivity index (χ1n) is 6.45. The highest BCUT2D eigenvalue weighted by atomic mass is 79.9. The van der Waals surface area contributed by atoms with Gasteiger partial charge in [0.15, 0.2) is 0 Å². The smallest absolute Gasteiger partial charge is 0.0747 e. The summed E-state index contributed by atoms with van der Waals surface area (Å²) in [5.41, 5.74) is 2.39. The third kappa shape index (κ3) is 3.40. The van der Waals surface area contributed by atoms with Gasteiger partial charge < -0.3 is 9.64 Å². The molecule has 1 atom stereocenters. The molecule has 100 valence electrons. The fourth-order valence-electron chi connectivity index (χ4n) is 2.22. The summed E-state index contributed by atoms with van der Waals surface area (Å²) in [5.74, 6) is 0.543. The maximum Gasteiger partial charge on any atom is 0.0747 e. The normalized spacial score (nSPS) is 20.8. The standard InChI is InChI=1S/C14H19BrClNO/c1-2-13-10-17(6-3-7-18-13)12-5-4-11(9-16)14(15)8-12/h4-5,8,13H,2-3,6-7,9-10H2,1H3. The number of hydrogen-bond donors (Lipinski definition) is 0. The van der Waals surface area contributed by atoms with Crippen molar-refractivity contribution in [3.63, 3.8) is 0 Å². The largest absolute Gasteiger partial charge is 0.376 e. The lowest BCUT2D eigenvalue weighted by Gasteiger charge is -2.26. The number of anilines is 1. The molecule has 1 heterocycles. The van der Waals surface area contributed by atoms with E-state index in [0.717, 1.165) is 42.6 Å². The Bertz CT molecular complexity index is 399. The summed E-state index contributed by atoms with van der Waals surface area (Å²) in [4.78, 5) is 2.41. The second kappa shape index (κ2) is 6.78. The maximum atomic E-state index is 5.88. The highest BCUT2D eigenvalue weighted by molar-refractivity contribution is 9.10. The highest BCUT2D eigenvalue weighted by Crippen LogP contribution is 2.26. The van der Waals surface area contributed by atoms with Crippen molar-refractivity contribution in [1.82, 2.24) is 0 Å². The van der Waals surface area contributed by atoms with E-state index in [2.05, 4.69) is 46.0 Å². The molecule has 1 aromatic rings. The van der Waals surface area contributed by atoms with Crippen LogP contribution in [0.15, 0.2) is 22.7 Å². The number of nitrogens with zero attached hydrogens (tertiary/aromatic N) is 1. The zero-order valence-corrected chi connectivity index (χ0v) is 13.0. The zero-order valence-electron chi connectivity index (χ0n) is 10.7. The van der Waals surface area contributed by atoms with Crippen molar-refractivity contribution in [2.24, 2.45) is 0 Å². The molecule has 1 fully saturated rings. The van der Waals surface area contributed by atoms with Gasteiger partial charge in [0.05, 0.1) is 6.10 Å². The maximum absolute atomic E-state index is 5.88. The molecule has 0 radical (unpaired) electrons. The molecule has 2 rings (SSSR count). The molecule has 0 aromatic heterocycles. The van der Waals surface area contributed by atoms with Crippen molar-refractivity contribution < 1.29 is 4.74 Å². The van der Waals surface area contributed by atoms with E-state index in [1.165, 1.54) is 5.69 Å². The van der Waals surface area contributed by atoms with Gasteiger partial charge in [-0.1, -0.05) is 28.9 Å². The van der Waals surface area contributed by atoms with Crippen LogP contribution in [0, 0.1) is 0 Å². The Balaban J connectivity index is 2.16. The van der Waals surface area contributed by atoms with Crippen LogP contribution in [0.5, 0.6) is 0 Å². The first-order chi connectivity index (χ1) is 8.74. The molecule has 1 aromatic carbocycles. The number of hydrogen-bond acceptors (Lipinski definition) is 2. The number of alkyl halides is 1. The summed E-state index contributed by atoms with van der Waals surface area (Å²) >= 11 is 9.46. The van der Waals surface area contributed by atoms with Gasteiger partial charge in [0.25, 0.3) is 0 Å². The quantitative estimate of drug-likeness (QED) is 0.769. The lowest BCUT2D eigenvalue weighted by atomic mass is 10.2. The minimum atomic E-state index is 0.346. The van der Waals surface area contributed by atoms with E-state index in [1.807, 2.05) is 0 Å². The average Bonchev–Trinajstić information content (AvgIpc) is 2.64. The van der Waals surface area contributed by atoms with Gasteiger partial charge >= 0.3 is 0 Å². The molecule has 0 spiro atoms. The highest BCUT2D eigenvalue weighted by Gasteiger charge is 2.18. The van der Waals surface area contributed by atoms with E-state index in [-0.39, 0.29) is 0 Å². The third-order valence-corrected chi connectivity index (χ3v) is 4.38. The Hall–Kier alpha value is -0.250. The second-order valence-corrected chi connectivity index (χ2v) is 5.73. The fraction of sp³-hybridized carbons (Fsp3) is 0.571. The van der Waals surface area contributed by atoms with Gasteiger partial charge in [0, 0.05) is 35.7 Å². The van der Waals surface area contributed by atoms with Crippen LogP contribution in [0.1, 0.15) is 25.3 Å². The van der Waals surface area contributed by atoms with E-state index in [4.69, 9.17) is 16.3 Å². The minimum Gasteiger partial charge on any atom is -0.376 e. The number of halogens is 2. The van der Waals surface area contributed by atoms with Crippen LogP contribution < -0.4 is 4.90 Å². The lowest BCUT2D eigenvalue weighted by Crippen LogP contribution is -2.31. The third-order valence-electron chi connectivity index (χ3n) is 3.35. The van der Waals surface area contributed by atoms with Gasteiger partial charge in [0.1, 0.15) is 0 Å². The summed E-state index contributed by atoms with van der Waals surface area (Å²) in [6, 6.07) is 6.41. The van der Waals surface area contributed by atoms with Crippen molar-refractivity contribution in [2.75, 3.05) is 24.6 Å². The van der Waals surface area contributed by atoms with Gasteiger partial charge in [-0.05, 0) is 30.5 Å². The summed E-state index contributed by atoms with van der Waals surface area (Å²) in [6.45, 7) is 5.09. The Morgan fingerprint density at radius 1 is 1.50 bits per heavy atom. The number of rotatable bonds is 3. The van der Waals surface area contributed by atoms with Gasteiger partial charge in [-0.25, -0.2) is 0 Å². The van der Waals surface area contributed by atoms with Gasteiger partial charge in [-0.15, -0.1) is 11.6 Å². The van der Waals surface area contributed by atoms with Gasteiger partial charge in [-0.2, -0.15) is 0 Å². The van der Waals surface area contributed by atoms with Crippen molar-refractivity contribution in [1.29, 1.82) is 0 Å². The van der Waals surface area contributed by atoms with Crippen LogP contribution in [0.3, 0.4) is 0 Å². The van der Waals surface area contributed by atoms with Crippen molar-refractivity contribution in [3.8, 4) is 0 Å². The van der Waals surface area contributed by atoms with E-state index in [1.54, 1.807) is 0 Å². The molecule has 1 saturated heterocycles. The number of benzene rings is 1. The predicted molar refractivity (Wildman–Crippen MR) is 80.6 cm³/mol. The van der Waals surface area contributed by atoms with Crippen LogP contribution in [0.2, 0.25) is 0 Å².